The van der Waals surface area contributed by atoms with Crippen molar-refractivity contribution in [3.63, 3.8) is 0 Å². The molecule has 1 N–H and O–H groups in total. The van der Waals surface area contributed by atoms with E-state index in [1.807, 2.05) is 38.1 Å². The molecule has 160 valence electrons. The molecule has 0 aliphatic heterocycles. The number of hydrogen-bond donors (Lipinski definition) is 1. The zero-order chi connectivity index (χ0) is 22.8. The number of carbonyl (C=O) groups is 1. The molecule has 0 fully saturated rings. The number of halogens is 1. The number of nitrogens with zero attached hydrogens (tertiary/aromatic N) is 4. The van der Waals surface area contributed by atoms with Crippen LogP contribution in [-0.2, 0) is 0 Å². The Bertz CT molecular complexity index is 1350. The molecule has 4 rings (SSSR count). The van der Waals surface area contributed by atoms with Crippen LogP contribution in [-0.4, -0.2) is 25.6 Å². The van der Waals surface area contributed by atoms with E-state index in [2.05, 4.69) is 15.4 Å². The number of nitrogens with one attached hydrogen (secondary N) is 1. The maximum atomic E-state index is 12.9. The van der Waals surface area contributed by atoms with Gasteiger partial charge in [0, 0.05) is 28.4 Å². The van der Waals surface area contributed by atoms with E-state index < -0.39 is 10.8 Å². The lowest BCUT2D eigenvalue weighted by molar-refractivity contribution is -0.384. The highest BCUT2D eigenvalue weighted by Gasteiger charge is 2.20. The minimum Gasteiger partial charge on any atom is -0.319 e. The second kappa shape index (κ2) is 8.60. The zero-order valence-corrected chi connectivity index (χ0v) is 18.0. The van der Waals surface area contributed by atoms with Gasteiger partial charge in [0.15, 0.2) is 5.82 Å². The van der Waals surface area contributed by atoms with Crippen LogP contribution >= 0.6 is 11.6 Å². The van der Waals surface area contributed by atoms with E-state index >= 15 is 0 Å². The Morgan fingerprint density at radius 2 is 1.81 bits per heavy atom. The number of non-ortho nitro benzene ring substituents is 1. The van der Waals surface area contributed by atoms with Gasteiger partial charge in [-0.2, -0.15) is 0 Å². The summed E-state index contributed by atoms with van der Waals surface area (Å²) in [4.78, 5) is 27.8. The van der Waals surface area contributed by atoms with Gasteiger partial charge >= 0.3 is 0 Å². The van der Waals surface area contributed by atoms with E-state index in [0.717, 1.165) is 16.8 Å². The number of aromatic nitrogens is 3. The second-order valence-corrected chi connectivity index (χ2v) is 7.65. The van der Waals surface area contributed by atoms with Gasteiger partial charge < -0.3 is 5.32 Å². The monoisotopic (exact) mass is 447 g/mol. The summed E-state index contributed by atoms with van der Waals surface area (Å²) < 4.78 is 1.58. The first-order valence-corrected chi connectivity index (χ1v) is 10.1. The summed E-state index contributed by atoms with van der Waals surface area (Å²) in [6.07, 6.45) is 0. The summed E-state index contributed by atoms with van der Waals surface area (Å²) in [6, 6.07) is 18.6. The summed E-state index contributed by atoms with van der Waals surface area (Å²) in [5.41, 5.74) is 3.77. The largest absolute Gasteiger partial charge is 0.319 e. The molecule has 3 aromatic carbocycles. The number of nitro groups is 1. The molecule has 8 nitrogen and oxygen atoms in total. The molecule has 0 unspecified atom stereocenters. The van der Waals surface area contributed by atoms with Crippen LogP contribution in [0.3, 0.4) is 0 Å². The minimum atomic E-state index is -0.587. The second-order valence-electron chi connectivity index (χ2n) is 7.21. The molecule has 0 aliphatic carbocycles. The molecule has 0 saturated carbocycles. The molecule has 32 heavy (non-hydrogen) atoms. The average Bonchev–Trinajstić information content (AvgIpc) is 3.21. The highest BCUT2D eigenvalue weighted by molar-refractivity contribution is 6.30. The normalized spacial score (nSPS) is 10.7. The summed E-state index contributed by atoms with van der Waals surface area (Å²) in [5.74, 6) is -0.221. The SMILES string of the molecule is Cc1ccc(-n2nc(C(=O)Nc3cccc([N+](=O)[O-])c3)nc2-c2cccc(Cl)c2)cc1C. The van der Waals surface area contributed by atoms with Gasteiger partial charge in [0.05, 0.1) is 10.6 Å². The van der Waals surface area contributed by atoms with Crippen molar-refractivity contribution in [2.45, 2.75) is 13.8 Å². The van der Waals surface area contributed by atoms with Crippen LogP contribution in [0.2, 0.25) is 5.02 Å². The van der Waals surface area contributed by atoms with E-state index in [4.69, 9.17) is 11.6 Å². The predicted molar refractivity (Wildman–Crippen MR) is 122 cm³/mol. The van der Waals surface area contributed by atoms with Gasteiger partial charge in [-0.3, -0.25) is 14.9 Å². The first-order chi connectivity index (χ1) is 15.3. The van der Waals surface area contributed by atoms with Gasteiger partial charge in [0.1, 0.15) is 0 Å². The summed E-state index contributed by atoms with van der Waals surface area (Å²) >= 11 is 6.16. The number of nitro benzene ring substituents is 1. The number of rotatable bonds is 5. The number of benzene rings is 3. The molecular formula is C23H18ClN5O3. The Labute approximate surface area is 188 Å². The van der Waals surface area contributed by atoms with E-state index in [9.17, 15) is 14.9 Å². The molecule has 1 heterocycles. The maximum Gasteiger partial charge on any atom is 0.295 e. The van der Waals surface area contributed by atoms with E-state index in [-0.39, 0.29) is 17.2 Å². The molecule has 0 aliphatic rings. The Balaban J connectivity index is 1.76. The average molecular weight is 448 g/mol. The van der Waals surface area contributed by atoms with Gasteiger partial charge in [-0.25, -0.2) is 9.67 Å². The van der Waals surface area contributed by atoms with Gasteiger partial charge in [-0.15, -0.1) is 5.10 Å². The van der Waals surface area contributed by atoms with Crippen LogP contribution in [0, 0.1) is 24.0 Å². The fourth-order valence-corrected chi connectivity index (χ4v) is 3.33. The van der Waals surface area contributed by atoms with E-state index in [1.165, 1.54) is 18.2 Å². The van der Waals surface area contributed by atoms with E-state index in [0.29, 0.717) is 16.4 Å². The first-order valence-electron chi connectivity index (χ1n) is 9.68. The molecule has 1 amide bonds. The molecule has 0 atom stereocenters. The highest BCUT2D eigenvalue weighted by Crippen LogP contribution is 2.25. The maximum absolute atomic E-state index is 12.9. The van der Waals surface area contributed by atoms with Crippen LogP contribution in [0.15, 0.2) is 66.7 Å². The number of anilines is 1. The van der Waals surface area contributed by atoms with Crippen LogP contribution in [0.25, 0.3) is 17.1 Å². The third-order valence-electron chi connectivity index (χ3n) is 4.94. The lowest BCUT2D eigenvalue weighted by Gasteiger charge is -2.08. The van der Waals surface area contributed by atoms with Crippen molar-refractivity contribution in [2.75, 3.05) is 5.32 Å². The fourth-order valence-electron chi connectivity index (χ4n) is 3.14. The molecule has 0 radical (unpaired) electrons. The molecule has 9 heteroatoms. The number of amides is 1. The molecule has 4 aromatic rings. The van der Waals surface area contributed by atoms with Gasteiger partial charge in [-0.1, -0.05) is 35.9 Å². The molecule has 0 bridgehead atoms. The predicted octanol–water partition coefficient (Wildman–Crippen LogP) is 5.37. The summed E-state index contributed by atoms with van der Waals surface area (Å²) in [5, 5.41) is 18.6. The minimum absolute atomic E-state index is 0.0790. The first kappa shape index (κ1) is 21.2. The number of aryl methyl sites for hydroxylation is 2. The smallest absolute Gasteiger partial charge is 0.295 e. The zero-order valence-electron chi connectivity index (χ0n) is 17.2. The van der Waals surface area contributed by atoms with Crippen molar-refractivity contribution >= 4 is 28.9 Å². The Morgan fingerprint density at radius 1 is 1.03 bits per heavy atom. The third-order valence-corrected chi connectivity index (χ3v) is 5.18. The third kappa shape index (κ3) is 4.35. The van der Waals surface area contributed by atoms with Crippen LogP contribution < -0.4 is 5.32 Å². The molecule has 0 spiro atoms. The molecule has 0 saturated heterocycles. The van der Waals surface area contributed by atoms with Crippen molar-refractivity contribution < 1.29 is 9.72 Å². The quantitative estimate of drug-likeness (QED) is 0.327. The van der Waals surface area contributed by atoms with Crippen LogP contribution in [0.5, 0.6) is 0 Å². The standard InChI is InChI=1S/C23H18ClN5O3/c1-14-9-10-19(11-15(14)2)28-22(16-5-3-6-17(24)12-16)26-21(27-28)23(30)25-18-7-4-8-20(13-18)29(31)32/h3-13H,1-2H3,(H,25,30). The Morgan fingerprint density at radius 3 is 2.53 bits per heavy atom. The van der Waals surface area contributed by atoms with E-state index in [1.54, 1.807) is 28.9 Å². The van der Waals surface area contributed by atoms with Crippen molar-refractivity contribution in [1.82, 2.24) is 14.8 Å². The van der Waals surface area contributed by atoms with Crippen molar-refractivity contribution in [3.05, 3.63) is 98.8 Å². The lowest BCUT2D eigenvalue weighted by Crippen LogP contribution is -2.14. The summed E-state index contributed by atoms with van der Waals surface area (Å²) in [7, 11) is 0. The van der Waals surface area contributed by atoms with Crippen LogP contribution in [0.4, 0.5) is 11.4 Å². The topological polar surface area (TPSA) is 103 Å². The molecular weight excluding hydrogens is 430 g/mol. The van der Waals surface area contributed by atoms with Crippen LogP contribution in [0.1, 0.15) is 21.7 Å². The van der Waals surface area contributed by atoms with Crippen molar-refractivity contribution in [2.24, 2.45) is 0 Å². The van der Waals surface area contributed by atoms with Crippen molar-refractivity contribution in [1.29, 1.82) is 0 Å². The fraction of sp³-hybridized carbons (Fsp3) is 0.0870. The number of carbonyl (C=O) groups excluding carboxylic acids is 1. The van der Waals surface area contributed by atoms with Gasteiger partial charge in [-0.05, 0) is 55.3 Å². The van der Waals surface area contributed by atoms with Gasteiger partial charge in [0.2, 0.25) is 5.82 Å². The van der Waals surface area contributed by atoms with Crippen molar-refractivity contribution in [3.8, 4) is 17.1 Å². The van der Waals surface area contributed by atoms with Gasteiger partial charge in [0.25, 0.3) is 11.6 Å². The lowest BCUT2D eigenvalue weighted by atomic mass is 10.1. The highest BCUT2D eigenvalue weighted by atomic mass is 35.5. The number of hydrogen-bond acceptors (Lipinski definition) is 5. The Kier molecular flexibility index (Phi) is 5.70. The molecule has 1 aromatic heterocycles. The summed E-state index contributed by atoms with van der Waals surface area (Å²) in [6.45, 7) is 4.00. The Hall–Kier alpha value is -4.04.